The quantitative estimate of drug-likeness (QED) is 0.454. The van der Waals surface area contributed by atoms with Crippen molar-refractivity contribution in [2.24, 2.45) is 0 Å². The third-order valence-electron chi connectivity index (χ3n) is 7.06. The van der Waals surface area contributed by atoms with Gasteiger partial charge < -0.3 is 19.4 Å². The van der Waals surface area contributed by atoms with Crippen molar-refractivity contribution in [3.63, 3.8) is 0 Å². The maximum Gasteiger partial charge on any atom is 0.328 e. The van der Waals surface area contributed by atoms with Crippen molar-refractivity contribution in [3.05, 3.63) is 35.9 Å². The molecule has 0 aromatic heterocycles. The summed E-state index contributed by atoms with van der Waals surface area (Å²) < 4.78 is 33.3. The van der Waals surface area contributed by atoms with E-state index in [0.29, 0.717) is 44.3 Å². The van der Waals surface area contributed by atoms with Gasteiger partial charge in [0, 0.05) is 39.6 Å². The number of benzene rings is 1. The molecule has 11 nitrogen and oxygen atoms in total. The van der Waals surface area contributed by atoms with E-state index in [2.05, 4.69) is 4.72 Å². The van der Waals surface area contributed by atoms with Crippen LogP contribution in [0.15, 0.2) is 30.3 Å². The summed E-state index contributed by atoms with van der Waals surface area (Å²) in [6, 6.07) is 6.21. The summed E-state index contributed by atoms with van der Waals surface area (Å²) in [4.78, 5) is 55.2. The molecule has 37 heavy (non-hydrogen) atoms. The first-order chi connectivity index (χ1) is 17.5. The molecular weight excluding hydrogens is 500 g/mol. The van der Waals surface area contributed by atoms with Crippen molar-refractivity contribution in [2.45, 2.75) is 62.9 Å². The molecule has 0 aliphatic carbocycles. The minimum absolute atomic E-state index is 0.0170. The molecule has 2 aliphatic rings. The Morgan fingerprint density at radius 2 is 1.73 bits per heavy atom. The molecule has 2 saturated heterocycles. The second-order valence-corrected chi connectivity index (χ2v) is 11.3. The summed E-state index contributed by atoms with van der Waals surface area (Å²) in [5, 5.41) is 0. The smallest absolute Gasteiger partial charge is 0.328 e. The molecule has 1 aromatic rings. The molecule has 2 atom stereocenters. The Bertz CT molecular complexity index is 1090. The number of nitrogens with zero attached hydrogens (tertiary/aromatic N) is 3. The second kappa shape index (κ2) is 12.5. The zero-order chi connectivity index (χ0) is 27.2. The highest BCUT2D eigenvalue weighted by Gasteiger charge is 2.40. The SMILES string of the molecule is COC(=O)[C@@H]1CCCN1C(=O)C(CC(=O)N(C)C1CCN(C(C)=O)CC1)NS(=O)(=O)Cc1ccccc1. The number of likely N-dealkylation sites (tertiary alicyclic amines) is 2. The number of amides is 3. The molecule has 2 fully saturated rings. The van der Waals surface area contributed by atoms with E-state index in [1.807, 2.05) is 0 Å². The maximum absolute atomic E-state index is 13.5. The molecule has 2 heterocycles. The summed E-state index contributed by atoms with van der Waals surface area (Å²) in [6.07, 6.45) is 1.77. The minimum atomic E-state index is -3.99. The molecule has 2 aliphatic heterocycles. The highest BCUT2D eigenvalue weighted by Crippen LogP contribution is 2.22. The van der Waals surface area contributed by atoms with Crippen molar-refractivity contribution in [1.29, 1.82) is 0 Å². The average molecular weight is 537 g/mol. The van der Waals surface area contributed by atoms with Gasteiger partial charge in [0.15, 0.2) is 0 Å². The van der Waals surface area contributed by atoms with Crippen LogP contribution in [-0.2, 0) is 39.7 Å². The Hall–Kier alpha value is -2.99. The Kier molecular flexibility index (Phi) is 9.66. The first-order valence-corrected chi connectivity index (χ1v) is 14.1. The normalized spacial score (nSPS) is 19.4. The van der Waals surface area contributed by atoms with E-state index < -0.39 is 39.9 Å². The molecule has 0 radical (unpaired) electrons. The third kappa shape index (κ3) is 7.51. The number of hydrogen-bond acceptors (Lipinski definition) is 7. The molecule has 0 saturated carbocycles. The number of methoxy groups -OCH3 is 1. The van der Waals surface area contributed by atoms with E-state index in [-0.39, 0.29) is 30.7 Å². The van der Waals surface area contributed by atoms with Gasteiger partial charge in [-0.3, -0.25) is 14.4 Å². The Balaban J connectivity index is 1.77. The topological polar surface area (TPSA) is 133 Å². The van der Waals surface area contributed by atoms with Gasteiger partial charge in [0.25, 0.3) is 0 Å². The summed E-state index contributed by atoms with van der Waals surface area (Å²) in [5.74, 6) is -1.96. The molecule has 3 amide bonds. The molecule has 1 N–H and O–H groups in total. The molecule has 3 rings (SSSR count). The van der Waals surface area contributed by atoms with Gasteiger partial charge >= 0.3 is 5.97 Å². The molecule has 1 aromatic carbocycles. The number of ether oxygens (including phenoxy) is 1. The van der Waals surface area contributed by atoms with Gasteiger partial charge in [0.1, 0.15) is 12.1 Å². The van der Waals surface area contributed by atoms with Gasteiger partial charge in [-0.15, -0.1) is 0 Å². The van der Waals surface area contributed by atoms with Crippen molar-refractivity contribution in [1.82, 2.24) is 19.4 Å². The van der Waals surface area contributed by atoms with E-state index in [9.17, 15) is 27.6 Å². The van der Waals surface area contributed by atoms with Crippen molar-refractivity contribution < 1.29 is 32.3 Å². The average Bonchev–Trinajstić information content (AvgIpc) is 3.37. The largest absolute Gasteiger partial charge is 0.467 e. The predicted molar refractivity (Wildman–Crippen MR) is 135 cm³/mol. The summed E-state index contributed by atoms with van der Waals surface area (Å²) in [7, 11) is -1.13. The minimum Gasteiger partial charge on any atom is -0.467 e. The molecule has 204 valence electrons. The second-order valence-electron chi connectivity index (χ2n) is 9.57. The zero-order valence-corrected chi connectivity index (χ0v) is 22.4. The number of hydrogen-bond donors (Lipinski definition) is 1. The predicted octanol–water partition coefficient (Wildman–Crippen LogP) is 0.498. The highest BCUT2D eigenvalue weighted by atomic mass is 32.2. The van der Waals surface area contributed by atoms with Crippen LogP contribution in [0.2, 0.25) is 0 Å². The van der Waals surface area contributed by atoms with Crippen molar-refractivity contribution in [3.8, 4) is 0 Å². The van der Waals surface area contributed by atoms with E-state index in [0.717, 1.165) is 0 Å². The summed E-state index contributed by atoms with van der Waals surface area (Å²) in [6.45, 7) is 2.83. The summed E-state index contributed by atoms with van der Waals surface area (Å²) in [5.41, 5.74) is 0.537. The van der Waals surface area contributed by atoms with Crippen LogP contribution in [0.1, 0.15) is 44.6 Å². The number of carbonyl (C=O) groups is 4. The van der Waals surface area contributed by atoms with E-state index in [1.165, 1.54) is 23.8 Å². The van der Waals surface area contributed by atoms with Crippen LogP contribution in [0.25, 0.3) is 0 Å². The van der Waals surface area contributed by atoms with E-state index in [4.69, 9.17) is 4.74 Å². The third-order valence-corrected chi connectivity index (χ3v) is 8.42. The number of carbonyl (C=O) groups excluding carboxylic acids is 4. The Morgan fingerprint density at radius 1 is 1.08 bits per heavy atom. The van der Waals surface area contributed by atoms with Gasteiger partial charge in [0.2, 0.25) is 27.7 Å². The number of sulfonamides is 1. The van der Waals surface area contributed by atoms with Crippen LogP contribution in [0.4, 0.5) is 0 Å². The van der Waals surface area contributed by atoms with Crippen LogP contribution in [0.3, 0.4) is 0 Å². The van der Waals surface area contributed by atoms with Crippen LogP contribution >= 0.6 is 0 Å². The molecular formula is C25H36N4O7S. The standard InChI is InChI=1S/C25H36N4O7S/c1-18(30)28-14-11-20(12-15-28)27(2)23(31)16-21(24(32)29-13-7-10-22(29)25(33)36-3)26-37(34,35)17-19-8-5-4-6-9-19/h4-6,8-9,20-22,26H,7,10-17H2,1-3H3/t21?,22-/m0/s1. The van der Waals surface area contributed by atoms with Crippen LogP contribution in [0.5, 0.6) is 0 Å². The van der Waals surface area contributed by atoms with Gasteiger partial charge in [-0.2, -0.15) is 0 Å². The highest BCUT2D eigenvalue weighted by molar-refractivity contribution is 7.88. The van der Waals surface area contributed by atoms with Crippen LogP contribution in [-0.4, -0.2) is 98.7 Å². The Labute approximate surface area is 218 Å². The number of piperidine rings is 1. The van der Waals surface area contributed by atoms with Crippen LogP contribution < -0.4 is 4.72 Å². The fourth-order valence-corrected chi connectivity index (χ4v) is 6.27. The lowest BCUT2D eigenvalue weighted by atomic mass is 10.0. The van der Waals surface area contributed by atoms with Crippen molar-refractivity contribution >= 4 is 33.7 Å². The number of esters is 1. The molecule has 1 unspecified atom stereocenters. The van der Waals surface area contributed by atoms with E-state index in [1.54, 1.807) is 42.3 Å². The van der Waals surface area contributed by atoms with Gasteiger partial charge in [-0.1, -0.05) is 30.3 Å². The van der Waals surface area contributed by atoms with Gasteiger partial charge in [-0.25, -0.2) is 17.9 Å². The Morgan fingerprint density at radius 3 is 2.32 bits per heavy atom. The van der Waals surface area contributed by atoms with E-state index >= 15 is 0 Å². The lowest BCUT2D eigenvalue weighted by molar-refractivity contribution is -0.151. The first-order valence-electron chi connectivity index (χ1n) is 12.5. The molecule has 0 spiro atoms. The zero-order valence-electron chi connectivity index (χ0n) is 21.6. The number of rotatable bonds is 9. The molecule has 0 bridgehead atoms. The fourth-order valence-electron chi connectivity index (χ4n) is 4.93. The fraction of sp³-hybridized carbons (Fsp3) is 0.600. The monoisotopic (exact) mass is 536 g/mol. The first kappa shape index (κ1) is 28.6. The maximum atomic E-state index is 13.5. The van der Waals surface area contributed by atoms with Crippen molar-refractivity contribution in [2.75, 3.05) is 33.8 Å². The summed E-state index contributed by atoms with van der Waals surface area (Å²) >= 11 is 0. The van der Waals surface area contributed by atoms with Gasteiger partial charge in [0.05, 0.1) is 19.3 Å². The lowest BCUT2D eigenvalue weighted by Gasteiger charge is -2.37. The molecule has 12 heteroatoms. The van der Waals surface area contributed by atoms with Gasteiger partial charge in [-0.05, 0) is 31.2 Å². The lowest BCUT2D eigenvalue weighted by Crippen LogP contribution is -2.54. The number of nitrogens with one attached hydrogen (secondary N) is 1. The van der Waals surface area contributed by atoms with Crippen LogP contribution in [0, 0.1) is 0 Å².